The lowest BCUT2D eigenvalue weighted by Crippen LogP contribution is -2.51. The van der Waals surface area contributed by atoms with E-state index in [1.807, 2.05) is 6.20 Å². The van der Waals surface area contributed by atoms with Gasteiger partial charge in [0.25, 0.3) is 0 Å². The van der Waals surface area contributed by atoms with E-state index in [-0.39, 0.29) is 0 Å². The van der Waals surface area contributed by atoms with Crippen molar-refractivity contribution in [3.8, 4) is 0 Å². The molecule has 0 amide bonds. The van der Waals surface area contributed by atoms with Crippen molar-refractivity contribution in [2.45, 2.75) is 45.2 Å². The summed E-state index contributed by atoms with van der Waals surface area (Å²) < 4.78 is 1.79. The molecule has 1 fully saturated rings. The fourth-order valence-electron chi connectivity index (χ4n) is 2.58. The summed E-state index contributed by atoms with van der Waals surface area (Å²) in [5, 5.41) is 11.3. The van der Waals surface area contributed by atoms with Crippen LogP contribution in [0.4, 0.5) is 0 Å². The molecule has 4 nitrogen and oxygen atoms in total. The summed E-state index contributed by atoms with van der Waals surface area (Å²) in [4.78, 5) is 11.1. The van der Waals surface area contributed by atoms with Gasteiger partial charge in [-0.2, -0.15) is 0 Å². The van der Waals surface area contributed by atoms with Crippen LogP contribution < -0.4 is 5.01 Å². The number of carbonyl (C=O) groups is 1. The monoisotopic (exact) mass is 222 g/mol. The minimum atomic E-state index is -0.866. The molecule has 1 aromatic rings. The molecule has 1 aliphatic rings. The number of rotatable bonds is 2. The summed E-state index contributed by atoms with van der Waals surface area (Å²) in [6.45, 7) is 4.31. The summed E-state index contributed by atoms with van der Waals surface area (Å²) in [6.07, 6.45) is 5.31. The molecule has 0 aliphatic carbocycles. The lowest BCUT2D eigenvalue weighted by Gasteiger charge is -2.41. The second-order valence-corrected chi connectivity index (χ2v) is 4.55. The summed E-state index contributed by atoms with van der Waals surface area (Å²) >= 11 is 0. The number of aromatic carboxylic acids is 1. The second-order valence-electron chi connectivity index (χ2n) is 4.55. The van der Waals surface area contributed by atoms with Gasteiger partial charge in [0.15, 0.2) is 0 Å². The van der Waals surface area contributed by atoms with E-state index >= 15 is 0 Å². The van der Waals surface area contributed by atoms with Crippen molar-refractivity contribution < 1.29 is 9.90 Å². The van der Waals surface area contributed by atoms with Gasteiger partial charge in [-0.3, -0.25) is 4.68 Å². The lowest BCUT2D eigenvalue weighted by molar-refractivity contribution is 0.0682. The minimum Gasteiger partial charge on any atom is -0.477 e. The zero-order valence-electron chi connectivity index (χ0n) is 9.76. The van der Waals surface area contributed by atoms with Crippen LogP contribution in [0.3, 0.4) is 0 Å². The first-order chi connectivity index (χ1) is 7.61. The highest BCUT2D eigenvalue weighted by atomic mass is 16.4. The summed E-state index contributed by atoms with van der Waals surface area (Å²) in [5.41, 5.74) is 0.348. The Morgan fingerprint density at radius 3 is 2.56 bits per heavy atom. The molecule has 0 radical (unpaired) electrons. The molecule has 2 heterocycles. The number of piperidine rings is 1. The van der Waals surface area contributed by atoms with E-state index in [4.69, 9.17) is 5.11 Å². The van der Waals surface area contributed by atoms with Crippen molar-refractivity contribution >= 4 is 5.97 Å². The molecule has 0 saturated carbocycles. The van der Waals surface area contributed by atoms with Crippen LogP contribution in [-0.4, -0.2) is 27.8 Å². The first-order valence-corrected chi connectivity index (χ1v) is 5.80. The van der Waals surface area contributed by atoms with Crippen molar-refractivity contribution in [1.29, 1.82) is 0 Å². The number of hydrogen-bond acceptors (Lipinski definition) is 2. The topological polar surface area (TPSA) is 45.5 Å². The van der Waals surface area contributed by atoms with Gasteiger partial charge in [-0.05, 0) is 45.2 Å². The number of nitrogens with zero attached hydrogens (tertiary/aromatic N) is 2. The van der Waals surface area contributed by atoms with E-state index < -0.39 is 5.97 Å². The van der Waals surface area contributed by atoms with Crippen LogP contribution in [0.2, 0.25) is 0 Å². The molecule has 0 bridgehead atoms. The van der Waals surface area contributed by atoms with Crippen LogP contribution >= 0.6 is 0 Å². The largest absolute Gasteiger partial charge is 0.477 e. The maximum absolute atomic E-state index is 11.1. The molecule has 16 heavy (non-hydrogen) atoms. The van der Waals surface area contributed by atoms with Gasteiger partial charge < -0.3 is 10.1 Å². The van der Waals surface area contributed by atoms with Crippen LogP contribution in [0, 0.1) is 0 Å². The molecule has 0 spiro atoms. The standard InChI is InChI=1S/C12H18N2O2/c1-9-5-3-6-10(2)14(9)13-8-4-7-11(13)12(15)16/h4,7-10H,3,5-6H2,1-2H3,(H,15,16). The Bertz CT molecular complexity index is 376. The predicted octanol–water partition coefficient (Wildman–Crippen LogP) is 2.09. The first kappa shape index (κ1) is 11.0. The third kappa shape index (κ3) is 1.79. The van der Waals surface area contributed by atoms with Crippen LogP contribution in [-0.2, 0) is 0 Å². The highest BCUT2D eigenvalue weighted by molar-refractivity contribution is 5.86. The predicted molar refractivity (Wildman–Crippen MR) is 62.4 cm³/mol. The second kappa shape index (κ2) is 4.20. The molecule has 2 atom stereocenters. The third-order valence-corrected chi connectivity index (χ3v) is 3.34. The lowest BCUT2D eigenvalue weighted by atomic mass is 10.00. The van der Waals surface area contributed by atoms with Crippen molar-refractivity contribution in [1.82, 2.24) is 4.68 Å². The molecule has 2 rings (SSSR count). The number of aromatic nitrogens is 1. The smallest absolute Gasteiger partial charge is 0.354 e. The minimum absolute atomic E-state index is 0.348. The van der Waals surface area contributed by atoms with E-state index in [1.165, 1.54) is 6.42 Å². The van der Waals surface area contributed by atoms with E-state index in [2.05, 4.69) is 18.9 Å². The van der Waals surface area contributed by atoms with E-state index in [9.17, 15) is 4.79 Å². The molecule has 1 aliphatic heterocycles. The van der Waals surface area contributed by atoms with E-state index in [0.29, 0.717) is 17.8 Å². The van der Waals surface area contributed by atoms with Gasteiger partial charge >= 0.3 is 5.97 Å². The van der Waals surface area contributed by atoms with Crippen LogP contribution in [0.1, 0.15) is 43.6 Å². The molecule has 0 aromatic carbocycles. The van der Waals surface area contributed by atoms with Gasteiger partial charge in [-0.15, -0.1) is 0 Å². The summed E-state index contributed by atoms with van der Waals surface area (Å²) in [7, 11) is 0. The normalized spacial score (nSPS) is 25.8. The zero-order valence-corrected chi connectivity index (χ0v) is 9.76. The molecular weight excluding hydrogens is 204 g/mol. The number of carboxylic acids is 1. The Morgan fingerprint density at radius 2 is 2.00 bits per heavy atom. The molecule has 4 heteroatoms. The number of hydrogen-bond donors (Lipinski definition) is 1. The molecule has 1 N–H and O–H groups in total. The van der Waals surface area contributed by atoms with Crippen LogP contribution in [0.5, 0.6) is 0 Å². The van der Waals surface area contributed by atoms with Crippen molar-refractivity contribution in [2.75, 3.05) is 5.01 Å². The van der Waals surface area contributed by atoms with Crippen molar-refractivity contribution in [2.24, 2.45) is 0 Å². The Balaban J connectivity index is 2.34. The molecule has 1 aromatic heterocycles. The summed E-state index contributed by atoms with van der Waals surface area (Å²) in [5.74, 6) is -0.866. The fourth-order valence-corrected chi connectivity index (χ4v) is 2.58. The van der Waals surface area contributed by atoms with Crippen LogP contribution in [0.25, 0.3) is 0 Å². The van der Waals surface area contributed by atoms with E-state index in [1.54, 1.807) is 16.8 Å². The molecule has 2 unspecified atom stereocenters. The van der Waals surface area contributed by atoms with Gasteiger partial charge in [0.1, 0.15) is 5.69 Å². The van der Waals surface area contributed by atoms with Crippen molar-refractivity contribution in [3.63, 3.8) is 0 Å². The van der Waals surface area contributed by atoms with Gasteiger partial charge in [0.2, 0.25) is 0 Å². The maximum Gasteiger partial charge on any atom is 0.354 e. The zero-order chi connectivity index (χ0) is 11.7. The van der Waals surface area contributed by atoms with E-state index in [0.717, 1.165) is 12.8 Å². The fraction of sp³-hybridized carbons (Fsp3) is 0.583. The summed E-state index contributed by atoms with van der Waals surface area (Å²) in [6, 6.07) is 4.23. The average molecular weight is 222 g/mol. The van der Waals surface area contributed by atoms with Gasteiger partial charge in [-0.25, -0.2) is 4.79 Å². The van der Waals surface area contributed by atoms with Crippen LogP contribution in [0.15, 0.2) is 18.3 Å². The maximum atomic E-state index is 11.1. The van der Waals surface area contributed by atoms with Gasteiger partial charge in [0, 0.05) is 18.3 Å². The molecule has 1 saturated heterocycles. The average Bonchev–Trinajstić information content (AvgIpc) is 2.66. The SMILES string of the molecule is CC1CCCC(C)N1n1cccc1C(=O)O. The highest BCUT2D eigenvalue weighted by Gasteiger charge is 2.27. The van der Waals surface area contributed by atoms with Crippen molar-refractivity contribution in [3.05, 3.63) is 24.0 Å². The Labute approximate surface area is 95.4 Å². The quantitative estimate of drug-likeness (QED) is 0.833. The third-order valence-electron chi connectivity index (χ3n) is 3.34. The Kier molecular flexibility index (Phi) is 2.90. The van der Waals surface area contributed by atoms with Gasteiger partial charge in [-0.1, -0.05) is 0 Å². The van der Waals surface area contributed by atoms with Gasteiger partial charge in [0.05, 0.1) is 0 Å². The Hall–Kier alpha value is -1.45. The molecule has 88 valence electrons. The number of carboxylic acid groups (broad SMARTS) is 1. The molecular formula is C12H18N2O2. The first-order valence-electron chi connectivity index (χ1n) is 5.80. The highest BCUT2D eigenvalue weighted by Crippen LogP contribution is 2.22. The Morgan fingerprint density at radius 1 is 1.38 bits per heavy atom.